The van der Waals surface area contributed by atoms with Crippen LogP contribution in [0.25, 0.3) is 22.3 Å². The van der Waals surface area contributed by atoms with Crippen LogP contribution in [0.3, 0.4) is 0 Å². The number of benzene rings is 1. The van der Waals surface area contributed by atoms with Crippen LogP contribution in [0, 0.1) is 18.3 Å². The van der Waals surface area contributed by atoms with E-state index in [0.717, 1.165) is 65.1 Å². The SMILES string of the molecule is CSCCNc1nccc(CCc2cc(-c3cnc[nH]3)nc3cc(C)c(CCC#N)cc23)n1. The summed E-state index contributed by atoms with van der Waals surface area (Å²) in [6.07, 6.45) is 10.2. The number of nitrogens with zero attached hydrogens (tertiary/aromatic N) is 5. The molecule has 7 nitrogen and oxygen atoms in total. The van der Waals surface area contributed by atoms with Crippen molar-refractivity contribution in [2.24, 2.45) is 0 Å². The predicted octanol–water partition coefficient (Wildman–Crippen LogP) is 4.74. The summed E-state index contributed by atoms with van der Waals surface area (Å²) in [4.78, 5) is 21.2. The van der Waals surface area contributed by atoms with Gasteiger partial charge in [0.05, 0.1) is 35.5 Å². The van der Waals surface area contributed by atoms with Crippen molar-refractivity contribution >= 4 is 28.6 Å². The highest BCUT2D eigenvalue weighted by atomic mass is 32.2. The first kappa shape index (κ1) is 22.7. The lowest BCUT2D eigenvalue weighted by Crippen LogP contribution is -2.08. The Morgan fingerprint density at radius 1 is 1.12 bits per heavy atom. The molecule has 0 unspecified atom stereocenters. The number of nitrogens with one attached hydrogen (secondary N) is 2. The lowest BCUT2D eigenvalue weighted by Gasteiger charge is -2.13. The van der Waals surface area contributed by atoms with E-state index in [1.807, 2.05) is 12.3 Å². The fraction of sp³-hybridized carbons (Fsp3) is 0.320. The first-order chi connectivity index (χ1) is 16.2. The van der Waals surface area contributed by atoms with Gasteiger partial charge in [0.2, 0.25) is 5.95 Å². The van der Waals surface area contributed by atoms with Crippen molar-refractivity contribution in [3.63, 3.8) is 0 Å². The van der Waals surface area contributed by atoms with Gasteiger partial charge in [0, 0.05) is 36.0 Å². The first-order valence-electron chi connectivity index (χ1n) is 11.0. The van der Waals surface area contributed by atoms with E-state index in [1.165, 1.54) is 11.1 Å². The van der Waals surface area contributed by atoms with Crippen LogP contribution in [0.2, 0.25) is 0 Å². The number of pyridine rings is 1. The average Bonchev–Trinajstić information content (AvgIpc) is 3.37. The third-order valence-corrected chi connectivity index (χ3v) is 6.20. The van der Waals surface area contributed by atoms with Crippen LogP contribution in [0.1, 0.15) is 28.8 Å². The smallest absolute Gasteiger partial charge is 0.222 e. The number of thioether (sulfide) groups is 1. The Morgan fingerprint density at radius 3 is 2.82 bits per heavy atom. The number of nitriles is 1. The number of rotatable bonds is 10. The molecule has 0 aliphatic rings. The van der Waals surface area contributed by atoms with Gasteiger partial charge in [0.15, 0.2) is 0 Å². The van der Waals surface area contributed by atoms with Crippen molar-refractivity contribution in [3.05, 3.63) is 65.4 Å². The minimum atomic E-state index is 0.509. The van der Waals surface area contributed by atoms with Gasteiger partial charge in [0.1, 0.15) is 0 Å². The first-order valence-corrected chi connectivity index (χ1v) is 12.4. The van der Waals surface area contributed by atoms with Crippen LogP contribution in [0.5, 0.6) is 0 Å². The van der Waals surface area contributed by atoms with E-state index in [9.17, 15) is 0 Å². The van der Waals surface area contributed by atoms with E-state index >= 15 is 0 Å². The third kappa shape index (κ3) is 5.68. The maximum Gasteiger partial charge on any atom is 0.222 e. The van der Waals surface area contributed by atoms with Gasteiger partial charge in [0.25, 0.3) is 0 Å². The number of H-pyrrole nitrogens is 1. The largest absolute Gasteiger partial charge is 0.353 e. The van der Waals surface area contributed by atoms with Crippen molar-refractivity contribution in [1.29, 1.82) is 5.26 Å². The van der Waals surface area contributed by atoms with Crippen LogP contribution >= 0.6 is 11.8 Å². The molecule has 0 spiro atoms. The molecule has 3 aromatic heterocycles. The van der Waals surface area contributed by atoms with E-state index in [1.54, 1.807) is 24.3 Å². The summed E-state index contributed by atoms with van der Waals surface area (Å²) in [7, 11) is 0. The fourth-order valence-electron chi connectivity index (χ4n) is 3.84. The Hall–Kier alpha value is -3.44. The molecular weight excluding hydrogens is 430 g/mol. The van der Waals surface area contributed by atoms with E-state index in [2.05, 4.69) is 62.7 Å². The number of aromatic nitrogens is 5. The van der Waals surface area contributed by atoms with Gasteiger partial charge >= 0.3 is 0 Å². The van der Waals surface area contributed by atoms with Crippen molar-refractivity contribution in [2.45, 2.75) is 32.6 Å². The average molecular weight is 458 g/mol. The quantitative estimate of drug-likeness (QED) is 0.332. The molecule has 0 aliphatic heterocycles. The molecule has 2 N–H and O–H groups in total. The Kier molecular flexibility index (Phi) is 7.53. The maximum absolute atomic E-state index is 9.04. The fourth-order valence-corrected chi connectivity index (χ4v) is 4.15. The van der Waals surface area contributed by atoms with E-state index < -0.39 is 0 Å². The lowest BCUT2D eigenvalue weighted by atomic mass is 9.95. The standard InChI is InChI=1S/C25H27N7S/c1-17-12-22-21(13-18(17)4-3-8-26)19(14-23(32-22)24-15-27-16-30-24)5-6-20-7-9-28-25(31-20)29-10-11-33-2/h7,9,12-16H,3-6,10-11H2,1-2H3,(H,27,30)(H,28,29,31). The number of hydrogen-bond donors (Lipinski definition) is 2. The molecule has 33 heavy (non-hydrogen) atoms. The molecule has 1 aromatic carbocycles. The van der Waals surface area contributed by atoms with Gasteiger partial charge < -0.3 is 10.3 Å². The molecule has 4 rings (SSSR count). The van der Waals surface area contributed by atoms with Crippen molar-refractivity contribution < 1.29 is 0 Å². The number of imidazole rings is 1. The van der Waals surface area contributed by atoms with E-state index in [0.29, 0.717) is 12.4 Å². The van der Waals surface area contributed by atoms with Crippen LogP contribution in [0.4, 0.5) is 5.95 Å². The molecule has 0 bridgehead atoms. The Bertz CT molecular complexity index is 1260. The van der Waals surface area contributed by atoms with Crippen LogP contribution in [-0.4, -0.2) is 43.5 Å². The van der Waals surface area contributed by atoms with Gasteiger partial charge in [-0.1, -0.05) is 0 Å². The molecule has 8 heteroatoms. The highest BCUT2D eigenvalue weighted by molar-refractivity contribution is 7.98. The molecule has 0 saturated heterocycles. The van der Waals surface area contributed by atoms with Crippen molar-refractivity contribution in [3.8, 4) is 17.5 Å². The summed E-state index contributed by atoms with van der Waals surface area (Å²) >= 11 is 1.79. The number of fused-ring (bicyclic) bond motifs is 1. The van der Waals surface area contributed by atoms with Gasteiger partial charge in [-0.25, -0.2) is 19.9 Å². The number of hydrogen-bond acceptors (Lipinski definition) is 7. The van der Waals surface area contributed by atoms with Gasteiger partial charge in [-0.2, -0.15) is 17.0 Å². The summed E-state index contributed by atoms with van der Waals surface area (Å²) < 4.78 is 0. The Morgan fingerprint density at radius 2 is 2.03 bits per heavy atom. The van der Waals surface area contributed by atoms with Crippen LogP contribution < -0.4 is 5.32 Å². The summed E-state index contributed by atoms with van der Waals surface area (Å²) in [6, 6.07) is 10.7. The molecule has 0 fully saturated rings. The number of anilines is 1. The maximum atomic E-state index is 9.04. The third-order valence-electron chi connectivity index (χ3n) is 5.59. The van der Waals surface area contributed by atoms with E-state index in [-0.39, 0.29) is 0 Å². The normalized spacial score (nSPS) is 10.9. The summed E-state index contributed by atoms with van der Waals surface area (Å²) in [5.41, 5.74) is 7.30. The molecule has 3 heterocycles. The number of aryl methyl sites for hydroxylation is 4. The Balaban J connectivity index is 1.66. The second kappa shape index (κ2) is 10.9. The van der Waals surface area contributed by atoms with E-state index in [4.69, 9.17) is 10.2 Å². The second-order valence-electron chi connectivity index (χ2n) is 7.88. The van der Waals surface area contributed by atoms with Crippen molar-refractivity contribution in [1.82, 2.24) is 24.9 Å². The zero-order chi connectivity index (χ0) is 23.0. The summed E-state index contributed by atoms with van der Waals surface area (Å²) in [5.74, 6) is 1.69. The van der Waals surface area contributed by atoms with Crippen LogP contribution in [-0.2, 0) is 19.3 Å². The van der Waals surface area contributed by atoms with Gasteiger partial charge in [-0.3, -0.25) is 0 Å². The summed E-state index contributed by atoms with van der Waals surface area (Å²) in [5, 5.41) is 13.5. The summed E-state index contributed by atoms with van der Waals surface area (Å²) in [6.45, 7) is 2.93. The lowest BCUT2D eigenvalue weighted by molar-refractivity contribution is 0.902. The molecule has 0 amide bonds. The van der Waals surface area contributed by atoms with Gasteiger partial charge in [-0.15, -0.1) is 0 Å². The second-order valence-corrected chi connectivity index (χ2v) is 8.86. The minimum absolute atomic E-state index is 0.509. The topological polar surface area (TPSA) is 103 Å². The molecule has 0 atom stereocenters. The molecular formula is C25H27N7S. The number of aromatic amines is 1. The zero-order valence-electron chi connectivity index (χ0n) is 18.9. The predicted molar refractivity (Wildman–Crippen MR) is 134 cm³/mol. The monoisotopic (exact) mass is 457 g/mol. The minimum Gasteiger partial charge on any atom is -0.353 e. The molecule has 168 valence electrons. The van der Waals surface area contributed by atoms with Gasteiger partial charge in [-0.05, 0) is 73.4 Å². The Labute approximate surface area is 198 Å². The highest BCUT2D eigenvalue weighted by Gasteiger charge is 2.12. The molecule has 4 aromatic rings. The zero-order valence-corrected chi connectivity index (χ0v) is 19.7. The molecule has 0 saturated carbocycles. The molecule has 0 radical (unpaired) electrons. The molecule has 0 aliphatic carbocycles. The van der Waals surface area contributed by atoms with Crippen molar-refractivity contribution in [2.75, 3.05) is 23.9 Å². The van der Waals surface area contributed by atoms with Crippen LogP contribution in [0.15, 0.2) is 43.0 Å². The highest BCUT2D eigenvalue weighted by Crippen LogP contribution is 2.28.